The van der Waals surface area contributed by atoms with Gasteiger partial charge in [0.05, 0.1) is 11.6 Å². The maximum atomic E-state index is 6.36. The van der Waals surface area contributed by atoms with Crippen LogP contribution in [0.2, 0.25) is 0 Å². The van der Waals surface area contributed by atoms with Crippen molar-refractivity contribution in [2.75, 3.05) is 6.61 Å². The average Bonchev–Trinajstić information content (AvgIpc) is 2.87. The number of aromatic nitrogens is 2. The van der Waals surface area contributed by atoms with Crippen LogP contribution in [0.3, 0.4) is 0 Å². The van der Waals surface area contributed by atoms with Gasteiger partial charge in [-0.15, -0.1) is 0 Å². The van der Waals surface area contributed by atoms with Crippen LogP contribution in [0.25, 0.3) is 0 Å². The summed E-state index contributed by atoms with van der Waals surface area (Å²) in [6, 6.07) is -0.116. The van der Waals surface area contributed by atoms with Crippen LogP contribution in [0.5, 0.6) is 0 Å². The van der Waals surface area contributed by atoms with Gasteiger partial charge in [0, 0.05) is 26.0 Å². The molecule has 90 valence electrons. The van der Waals surface area contributed by atoms with Gasteiger partial charge in [-0.3, -0.25) is 0 Å². The molecule has 0 aliphatic heterocycles. The van der Waals surface area contributed by atoms with Crippen LogP contribution in [-0.4, -0.2) is 21.8 Å². The SMILES string of the molecule is CCOC1(C(N)c2nccn2C)CCCC1. The summed E-state index contributed by atoms with van der Waals surface area (Å²) in [4.78, 5) is 4.35. The minimum absolute atomic E-state index is 0.116. The van der Waals surface area contributed by atoms with Crippen LogP contribution < -0.4 is 5.73 Å². The lowest BCUT2D eigenvalue weighted by Gasteiger charge is -2.34. The Morgan fingerprint density at radius 3 is 2.75 bits per heavy atom. The Hall–Kier alpha value is -0.870. The first-order valence-electron chi connectivity index (χ1n) is 6.06. The molecule has 0 aromatic carbocycles. The first-order chi connectivity index (χ1) is 7.69. The van der Waals surface area contributed by atoms with E-state index in [1.54, 1.807) is 6.20 Å². The molecule has 1 aliphatic rings. The van der Waals surface area contributed by atoms with Gasteiger partial charge in [-0.05, 0) is 19.8 Å². The van der Waals surface area contributed by atoms with Gasteiger partial charge in [0.15, 0.2) is 0 Å². The molecule has 0 amide bonds. The van der Waals surface area contributed by atoms with E-state index >= 15 is 0 Å². The van der Waals surface area contributed by atoms with Gasteiger partial charge >= 0.3 is 0 Å². The van der Waals surface area contributed by atoms with Crippen molar-refractivity contribution in [2.24, 2.45) is 12.8 Å². The molecule has 1 unspecified atom stereocenters. The number of nitrogens with zero attached hydrogens (tertiary/aromatic N) is 2. The van der Waals surface area contributed by atoms with Crippen molar-refractivity contribution in [3.05, 3.63) is 18.2 Å². The van der Waals surface area contributed by atoms with Gasteiger partial charge in [0.2, 0.25) is 0 Å². The van der Waals surface area contributed by atoms with Crippen molar-refractivity contribution in [2.45, 2.75) is 44.2 Å². The predicted molar refractivity (Wildman–Crippen MR) is 63.0 cm³/mol. The van der Waals surface area contributed by atoms with Gasteiger partial charge < -0.3 is 15.0 Å². The van der Waals surface area contributed by atoms with Crippen molar-refractivity contribution in [1.82, 2.24) is 9.55 Å². The molecule has 1 aliphatic carbocycles. The lowest BCUT2D eigenvalue weighted by Crippen LogP contribution is -2.42. The van der Waals surface area contributed by atoms with Crippen molar-refractivity contribution in [3.63, 3.8) is 0 Å². The van der Waals surface area contributed by atoms with Gasteiger partial charge in [-0.2, -0.15) is 0 Å². The zero-order valence-corrected chi connectivity index (χ0v) is 10.1. The van der Waals surface area contributed by atoms with E-state index in [9.17, 15) is 0 Å². The maximum Gasteiger partial charge on any atom is 0.128 e. The highest BCUT2D eigenvalue weighted by Crippen LogP contribution is 2.41. The third-order valence-electron chi connectivity index (χ3n) is 3.59. The largest absolute Gasteiger partial charge is 0.373 e. The number of hydrogen-bond acceptors (Lipinski definition) is 3. The van der Waals surface area contributed by atoms with Crippen molar-refractivity contribution < 1.29 is 4.74 Å². The minimum Gasteiger partial charge on any atom is -0.373 e. The molecule has 2 N–H and O–H groups in total. The van der Waals surface area contributed by atoms with Crippen LogP contribution in [0.15, 0.2) is 12.4 Å². The van der Waals surface area contributed by atoms with E-state index in [4.69, 9.17) is 10.5 Å². The highest BCUT2D eigenvalue weighted by atomic mass is 16.5. The summed E-state index contributed by atoms with van der Waals surface area (Å²) in [5, 5.41) is 0. The molecular formula is C12H21N3O. The predicted octanol–water partition coefficient (Wildman–Crippen LogP) is 1.77. The summed E-state index contributed by atoms with van der Waals surface area (Å²) in [5.41, 5.74) is 6.17. The van der Waals surface area contributed by atoms with Crippen LogP contribution in [0, 0.1) is 0 Å². The topological polar surface area (TPSA) is 53.1 Å². The number of aryl methyl sites for hydroxylation is 1. The summed E-state index contributed by atoms with van der Waals surface area (Å²) >= 11 is 0. The molecule has 2 rings (SSSR count). The second kappa shape index (κ2) is 4.55. The molecule has 16 heavy (non-hydrogen) atoms. The summed E-state index contributed by atoms with van der Waals surface area (Å²) in [6.07, 6.45) is 8.24. The van der Waals surface area contributed by atoms with Crippen LogP contribution in [0.1, 0.15) is 44.5 Å². The number of hydrogen-bond donors (Lipinski definition) is 1. The Labute approximate surface area is 96.8 Å². The Balaban J connectivity index is 2.23. The van der Waals surface area contributed by atoms with Crippen molar-refractivity contribution >= 4 is 0 Å². The standard InChI is InChI=1S/C12H21N3O/c1-3-16-12(6-4-5-7-12)10(13)11-14-8-9-15(11)2/h8-10H,3-7,13H2,1-2H3. The third-order valence-corrected chi connectivity index (χ3v) is 3.59. The molecule has 4 heteroatoms. The molecule has 1 heterocycles. The third kappa shape index (κ3) is 1.87. The summed E-state index contributed by atoms with van der Waals surface area (Å²) in [6.45, 7) is 2.75. The van der Waals surface area contributed by atoms with E-state index in [0.29, 0.717) is 0 Å². The molecule has 4 nitrogen and oxygen atoms in total. The normalized spacial score (nSPS) is 21.2. The fraction of sp³-hybridized carbons (Fsp3) is 0.750. The monoisotopic (exact) mass is 223 g/mol. The molecule has 1 fully saturated rings. The van der Waals surface area contributed by atoms with Crippen molar-refractivity contribution in [3.8, 4) is 0 Å². The molecule has 1 aromatic rings. The smallest absolute Gasteiger partial charge is 0.128 e. The average molecular weight is 223 g/mol. The zero-order chi connectivity index (χ0) is 11.6. The number of imidazole rings is 1. The number of ether oxygens (including phenoxy) is 1. The quantitative estimate of drug-likeness (QED) is 0.846. The van der Waals surface area contributed by atoms with Crippen LogP contribution in [0.4, 0.5) is 0 Å². The summed E-state index contributed by atoms with van der Waals surface area (Å²) < 4.78 is 7.94. The molecule has 0 saturated heterocycles. The summed E-state index contributed by atoms with van der Waals surface area (Å²) in [5.74, 6) is 0.926. The van der Waals surface area contributed by atoms with Crippen LogP contribution in [-0.2, 0) is 11.8 Å². The van der Waals surface area contributed by atoms with E-state index in [0.717, 1.165) is 25.3 Å². The van der Waals surface area contributed by atoms with E-state index < -0.39 is 0 Å². The van der Waals surface area contributed by atoms with Gasteiger partial charge in [0.1, 0.15) is 5.82 Å². The fourth-order valence-corrected chi connectivity index (χ4v) is 2.72. The Morgan fingerprint density at radius 2 is 2.25 bits per heavy atom. The highest BCUT2D eigenvalue weighted by Gasteiger charge is 2.42. The highest BCUT2D eigenvalue weighted by molar-refractivity contribution is 5.08. The van der Waals surface area contributed by atoms with E-state index in [2.05, 4.69) is 4.98 Å². The first-order valence-corrected chi connectivity index (χ1v) is 6.06. The Kier molecular flexibility index (Phi) is 3.30. The second-order valence-electron chi connectivity index (χ2n) is 4.58. The molecule has 0 radical (unpaired) electrons. The van der Waals surface area contributed by atoms with E-state index in [1.807, 2.05) is 24.7 Å². The Morgan fingerprint density at radius 1 is 1.56 bits per heavy atom. The number of nitrogens with two attached hydrogens (primary N) is 1. The fourth-order valence-electron chi connectivity index (χ4n) is 2.72. The zero-order valence-electron chi connectivity index (χ0n) is 10.1. The van der Waals surface area contributed by atoms with Crippen LogP contribution >= 0.6 is 0 Å². The maximum absolute atomic E-state index is 6.36. The first kappa shape index (κ1) is 11.6. The molecule has 1 saturated carbocycles. The summed E-state index contributed by atoms with van der Waals surface area (Å²) in [7, 11) is 1.98. The molecule has 0 spiro atoms. The number of rotatable bonds is 4. The minimum atomic E-state index is -0.187. The van der Waals surface area contributed by atoms with Gasteiger partial charge in [-0.25, -0.2) is 4.98 Å². The lowest BCUT2D eigenvalue weighted by molar-refractivity contribution is -0.0559. The van der Waals surface area contributed by atoms with E-state index in [1.165, 1.54) is 12.8 Å². The van der Waals surface area contributed by atoms with Gasteiger partial charge in [0.25, 0.3) is 0 Å². The molecular weight excluding hydrogens is 202 g/mol. The lowest BCUT2D eigenvalue weighted by atomic mass is 9.92. The van der Waals surface area contributed by atoms with E-state index in [-0.39, 0.29) is 11.6 Å². The second-order valence-corrected chi connectivity index (χ2v) is 4.58. The Bertz CT molecular complexity index is 342. The molecule has 0 bridgehead atoms. The van der Waals surface area contributed by atoms with Gasteiger partial charge in [-0.1, -0.05) is 12.8 Å². The molecule has 1 aromatic heterocycles. The molecule has 1 atom stereocenters. The van der Waals surface area contributed by atoms with Crippen molar-refractivity contribution in [1.29, 1.82) is 0 Å².